The van der Waals surface area contributed by atoms with E-state index in [2.05, 4.69) is 14.7 Å². The van der Waals surface area contributed by atoms with Crippen molar-refractivity contribution in [2.75, 3.05) is 0 Å². The fourth-order valence-electron chi connectivity index (χ4n) is 2.09. The minimum Gasteiger partial charge on any atom is -0.306 e. The Labute approximate surface area is 125 Å². The summed E-state index contributed by atoms with van der Waals surface area (Å²) in [4.78, 5) is 16.2. The van der Waals surface area contributed by atoms with Crippen molar-refractivity contribution in [1.82, 2.24) is 14.7 Å². The molecule has 22 heavy (non-hydrogen) atoms. The number of halogens is 1. The van der Waals surface area contributed by atoms with Crippen molar-refractivity contribution in [3.63, 3.8) is 0 Å². The van der Waals surface area contributed by atoms with Crippen molar-refractivity contribution in [2.24, 2.45) is 0 Å². The van der Waals surface area contributed by atoms with E-state index in [1.54, 1.807) is 18.2 Å². The standard InChI is InChI=1S/C14H12FN3O3S/c15-10-2-1-3-11(7-10)22(20,21)16-8-9-4-5-12-13(6-9)18-14(19)17-12/h1-7,16H,8H2,(H2,17,18,19). The number of benzene rings is 2. The monoisotopic (exact) mass is 321 g/mol. The third-order valence-electron chi connectivity index (χ3n) is 3.15. The number of nitrogens with one attached hydrogen (secondary N) is 3. The van der Waals surface area contributed by atoms with Gasteiger partial charge in [0.15, 0.2) is 0 Å². The van der Waals surface area contributed by atoms with Gasteiger partial charge in [-0.1, -0.05) is 12.1 Å². The van der Waals surface area contributed by atoms with Crippen LogP contribution in [0.2, 0.25) is 0 Å². The molecule has 0 amide bonds. The van der Waals surface area contributed by atoms with E-state index >= 15 is 0 Å². The molecule has 1 heterocycles. The average molecular weight is 321 g/mol. The van der Waals surface area contributed by atoms with Crippen molar-refractivity contribution in [3.8, 4) is 0 Å². The van der Waals surface area contributed by atoms with Gasteiger partial charge >= 0.3 is 5.69 Å². The third kappa shape index (κ3) is 2.92. The summed E-state index contributed by atoms with van der Waals surface area (Å²) in [5.74, 6) is -0.616. The van der Waals surface area contributed by atoms with Crippen molar-refractivity contribution in [3.05, 3.63) is 64.3 Å². The van der Waals surface area contributed by atoms with Crippen LogP contribution in [0.3, 0.4) is 0 Å². The van der Waals surface area contributed by atoms with Gasteiger partial charge in [-0.05, 0) is 35.9 Å². The van der Waals surface area contributed by atoms with Crippen LogP contribution < -0.4 is 10.4 Å². The number of imidazole rings is 1. The van der Waals surface area contributed by atoms with Crippen LogP contribution in [0.5, 0.6) is 0 Å². The van der Waals surface area contributed by atoms with Crippen LogP contribution in [-0.4, -0.2) is 18.4 Å². The first-order valence-corrected chi connectivity index (χ1v) is 7.88. The summed E-state index contributed by atoms with van der Waals surface area (Å²) in [5.41, 5.74) is 1.57. The molecule has 3 N–H and O–H groups in total. The van der Waals surface area contributed by atoms with Crippen LogP contribution in [0.25, 0.3) is 11.0 Å². The van der Waals surface area contributed by atoms with Gasteiger partial charge in [-0.15, -0.1) is 0 Å². The van der Waals surface area contributed by atoms with Gasteiger partial charge in [-0.3, -0.25) is 0 Å². The highest BCUT2D eigenvalue weighted by atomic mass is 32.2. The summed E-state index contributed by atoms with van der Waals surface area (Å²) >= 11 is 0. The topological polar surface area (TPSA) is 94.8 Å². The molecule has 0 bridgehead atoms. The van der Waals surface area contributed by atoms with Crippen molar-refractivity contribution >= 4 is 21.1 Å². The summed E-state index contributed by atoms with van der Waals surface area (Å²) in [7, 11) is -3.80. The summed E-state index contributed by atoms with van der Waals surface area (Å²) in [6.07, 6.45) is 0. The molecular formula is C14H12FN3O3S. The minimum absolute atomic E-state index is 0.0298. The molecule has 0 aliphatic rings. The number of aromatic nitrogens is 2. The van der Waals surface area contributed by atoms with E-state index in [1.807, 2.05) is 0 Å². The first kappa shape index (κ1) is 14.5. The molecule has 1 aromatic heterocycles. The second-order valence-corrected chi connectivity index (χ2v) is 6.51. The largest absolute Gasteiger partial charge is 0.323 e. The molecule has 114 valence electrons. The van der Waals surface area contributed by atoms with Crippen LogP contribution in [0.4, 0.5) is 4.39 Å². The fourth-order valence-corrected chi connectivity index (χ4v) is 3.13. The molecule has 0 saturated heterocycles. The minimum atomic E-state index is -3.80. The Balaban J connectivity index is 1.82. The second-order valence-electron chi connectivity index (χ2n) is 4.74. The molecule has 0 atom stereocenters. The molecule has 6 nitrogen and oxygen atoms in total. The highest BCUT2D eigenvalue weighted by Gasteiger charge is 2.14. The Morgan fingerprint density at radius 3 is 2.59 bits per heavy atom. The number of hydrogen-bond acceptors (Lipinski definition) is 3. The normalized spacial score (nSPS) is 11.9. The summed E-state index contributed by atoms with van der Waals surface area (Å²) < 4.78 is 39.7. The summed E-state index contributed by atoms with van der Waals surface area (Å²) in [6, 6.07) is 9.82. The van der Waals surface area contributed by atoms with E-state index in [4.69, 9.17) is 0 Å². The van der Waals surface area contributed by atoms with Gasteiger partial charge < -0.3 is 9.97 Å². The van der Waals surface area contributed by atoms with E-state index in [1.165, 1.54) is 18.2 Å². The Morgan fingerprint density at radius 1 is 1.05 bits per heavy atom. The lowest BCUT2D eigenvalue weighted by Crippen LogP contribution is -2.23. The maximum absolute atomic E-state index is 13.1. The van der Waals surface area contributed by atoms with E-state index in [0.29, 0.717) is 16.6 Å². The van der Waals surface area contributed by atoms with Gasteiger partial charge in [0.05, 0.1) is 15.9 Å². The molecule has 0 spiro atoms. The predicted molar refractivity (Wildman–Crippen MR) is 79.3 cm³/mol. The highest BCUT2D eigenvalue weighted by molar-refractivity contribution is 7.89. The smallest absolute Gasteiger partial charge is 0.306 e. The summed E-state index contributed by atoms with van der Waals surface area (Å²) in [5, 5.41) is 0. The molecule has 3 aromatic rings. The van der Waals surface area contributed by atoms with Crippen molar-refractivity contribution < 1.29 is 12.8 Å². The Hall–Kier alpha value is -2.45. The second kappa shape index (κ2) is 5.39. The lowest BCUT2D eigenvalue weighted by molar-refractivity contribution is 0.577. The molecule has 0 saturated carbocycles. The highest BCUT2D eigenvalue weighted by Crippen LogP contribution is 2.13. The zero-order valence-corrected chi connectivity index (χ0v) is 12.1. The Morgan fingerprint density at radius 2 is 1.82 bits per heavy atom. The van der Waals surface area contributed by atoms with Crippen LogP contribution in [0, 0.1) is 5.82 Å². The maximum atomic E-state index is 13.1. The van der Waals surface area contributed by atoms with Gasteiger partial charge in [0, 0.05) is 6.54 Å². The molecule has 0 unspecified atom stereocenters. The number of fused-ring (bicyclic) bond motifs is 1. The van der Waals surface area contributed by atoms with Gasteiger partial charge in [0.2, 0.25) is 10.0 Å². The summed E-state index contributed by atoms with van der Waals surface area (Å²) in [6.45, 7) is 0.0298. The van der Waals surface area contributed by atoms with Crippen LogP contribution in [0.1, 0.15) is 5.56 Å². The number of aromatic amines is 2. The lowest BCUT2D eigenvalue weighted by atomic mass is 10.2. The average Bonchev–Trinajstić information content (AvgIpc) is 2.84. The molecule has 0 radical (unpaired) electrons. The molecule has 8 heteroatoms. The number of H-pyrrole nitrogens is 2. The molecule has 0 aliphatic carbocycles. The zero-order valence-electron chi connectivity index (χ0n) is 11.3. The fraction of sp³-hybridized carbons (Fsp3) is 0.0714. The predicted octanol–water partition coefficient (Wildman–Crippen LogP) is 1.47. The number of sulfonamides is 1. The molecular weight excluding hydrogens is 309 g/mol. The Kier molecular flexibility index (Phi) is 3.55. The van der Waals surface area contributed by atoms with E-state index in [-0.39, 0.29) is 17.1 Å². The van der Waals surface area contributed by atoms with Crippen LogP contribution in [0.15, 0.2) is 52.2 Å². The number of rotatable bonds is 4. The zero-order chi connectivity index (χ0) is 15.7. The van der Waals surface area contributed by atoms with Crippen molar-refractivity contribution in [2.45, 2.75) is 11.4 Å². The van der Waals surface area contributed by atoms with E-state index in [9.17, 15) is 17.6 Å². The first-order valence-electron chi connectivity index (χ1n) is 6.40. The van der Waals surface area contributed by atoms with Gasteiger partial charge in [-0.25, -0.2) is 22.3 Å². The molecule has 3 rings (SSSR count). The van der Waals surface area contributed by atoms with Gasteiger partial charge in [0.1, 0.15) is 5.82 Å². The van der Waals surface area contributed by atoms with Gasteiger partial charge in [0.25, 0.3) is 0 Å². The van der Waals surface area contributed by atoms with Gasteiger partial charge in [-0.2, -0.15) is 0 Å². The quantitative estimate of drug-likeness (QED) is 0.679. The first-order chi connectivity index (χ1) is 10.4. The third-order valence-corrected chi connectivity index (χ3v) is 4.55. The molecule has 0 fully saturated rings. The lowest BCUT2D eigenvalue weighted by Gasteiger charge is -2.07. The SMILES string of the molecule is O=c1[nH]c2ccc(CNS(=O)(=O)c3cccc(F)c3)cc2[nH]1. The molecule has 2 aromatic carbocycles. The maximum Gasteiger partial charge on any atom is 0.323 e. The van der Waals surface area contributed by atoms with E-state index in [0.717, 1.165) is 6.07 Å². The molecule has 0 aliphatic heterocycles. The Bertz CT molecular complexity index is 992. The van der Waals surface area contributed by atoms with Crippen LogP contribution >= 0.6 is 0 Å². The van der Waals surface area contributed by atoms with Crippen LogP contribution in [-0.2, 0) is 16.6 Å². The number of hydrogen-bond donors (Lipinski definition) is 3. The van der Waals surface area contributed by atoms with Crippen molar-refractivity contribution in [1.29, 1.82) is 0 Å². The van der Waals surface area contributed by atoms with E-state index < -0.39 is 15.8 Å².